The molecule has 29 heavy (non-hydrogen) atoms. The minimum atomic E-state index is -1.44. The molecule has 2 heterocycles. The molecule has 1 aliphatic heterocycles. The van der Waals surface area contributed by atoms with Crippen LogP contribution in [0, 0.1) is 5.41 Å². The highest BCUT2D eigenvalue weighted by Crippen LogP contribution is 2.36. The topological polar surface area (TPSA) is 99.8 Å². The van der Waals surface area contributed by atoms with Crippen LogP contribution in [0.3, 0.4) is 0 Å². The molecule has 0 aliphatic carbocycles. The second-order valence-corrected chi connectivity index (χ2v) is 7.67. The van der Waals surface area contributed by atoms with Crippen molar-refractivity contribution in [3.63, 3.8) is 0 Å². The zero-order chi connectivity index (χ0) is 21.0. The molecule has 1 aliphatic rings. The van der Waals surface area contributed by atoms with Crippen molar-refractivity contribution < 1.29 is 19.8 Å². The summed E-state index contributed by atoms with van der Waals surface area (Å²) in [6.45, 7) is 0.0982. The van der Waals surface area contributed by atoms with E-state index in [1.165, 1.54) is 15.5 Å². The van der Waals surface area contributed by atoms with Crippen LogP contribution in [0.2, 0.25) is 0 Å². The number of aliphatic hydroxyl groups excluding tert-OH is 1. The average molecular weight is 398 g/mol. The monoisotopic (exact) mass is 398 g/mol. The number of aryl methyl sites for hydroxylation is 2. The van der Waals surface area contributed by atoms with E-state index in [1.54, 1.807) is 19.3 Å². The first-order chi connectivity index (χ1) is 13.8. The molecule has 3 rings (SSSR count). The first-order valence-corrected chi connectivity index (χ1v) is 9.75. The van der Waals surface area contributed by atoms with Gasteiger partial charge >= 0.3 is 5.97 Å². The van der Waals surface area contributed by atoms with Crippen LogP contribution in [-0.4, -0.2) is 50.8 Å². The Balaban J connectivity index is 1.79. The van der Waals surface area contributed by atoms with Crippen molar-refractivity contribution in [3.05, 3.63) is 70.1 Å². The number of carboxylic acid groups (broad SMARTS) is 1. The van der Waals surface area contributed by atoms with Crippen LogP contribution in [0.1, 0.15) is 35.2 Å². The van der Waals surface area contributed by atoms with Crippen LogP contribution in [0.25, 0.3) is 0 Å². The van der Waals surface area contributed by atoms with Gasteiger partial charge in [-0.15, -0.1) is 0 Å². The molecule has 1 saturated heterocycles. The fourth-order valence-corrected chi connectivity index (χ4v) is 4.00. The third kappa shape index (κ3) is 4.24. The molecule has 0 unspecified atom stereocenters. The number of amides is 1. The van der Waals surface area contributed by atoms with Crippen molar-refractivity contribution in [3.8, 4) is 0 Å². The Labute approximate surface area is 169 Å². The van der Waals surface area contributed by atoms with Crippen molar-refractivity contribution in [1.82, 2.24) is 9.47 Å². The summed E-state index contributed by atoms with van der Waals surface area (Å²) in [4.78, 5) is 38.8. The summed E-state index contributed by atoms with van der Waals surface area (Å²) in [6, 6.07) is 12.8. The van der Waals surface area contributed by atoms with Gasteiger partial charge in [-0.25, -0.2) is 0 Å². The Morgan fingerprint density at radius 2 is 1.90 bits per heavy atom. The highest BCUT2D eigenvalue weighted by atomic mass is 16.4. The van der Waals surface area contributed by atoms with Crippen molar-refractivity contribution >= 4 is 11.9 Å². The summed E-state index contributed by atoms with van der Waals surface area (Å²) in [6.07, 6.45) is 2.19. The predicted molar refractivity (Wildman–Crippen MR) is 108 cm³/mol. The highest BCUT2D eigenvalue weighted by Gasteiger charge is 2.49. The second-order valence-electron chi connectivity index (χ2n) is 7.67. The maximum atomic E-state index is 12.9. The fourth-order valence-electron chi connectivity index (χ4n) is 4.00. The number of benzene rings is 1. The first kappa shape index (κ1) is 20.8. The summed E-state index contributed by atoms with van der Waals surface area (Å²) in [5, 5.41) is 20.5. The van der Waals surface area contributed by atoms with Crippen molar-refractivity contribution in [2.75, 3.05) is 13.1 Å². The normalized spacial score (nSPS) is 21.7. The minimum Gasteiger partial charge on any atom is -0.481 e. The first-order valence-electron chi connectivity index (χ1n) is 9.75. The van der Waals surface area contributed by atoms with Crippen LogP contribution in [-0.2, 0) is 18.3 Å². The van der Waals surface area contributed by atoms with Gasteiger partial charge in [-0.05, 0) is 43.4 Å². The second kappa shape index (κ2) is 8.61. The molecule has 1 aromatic carbocycles. The molecule has 0 radical (unpaired) electrons. The number of aliphatic carboxylic acids is 1. The number of hydrogen-bond acceptors (Lipinski definition) is 4. The third-order valence-electron chi connectivity index (χ3n) is 5.78. The van der Waals surface area contributed by atoms with E-state index >= 15 is 0 Å². The van der Waals surface area contributed by atoms with Gasteiger partial charge in [-0.1, -0.05) is 30.3 Å². The van der Waals surface area contributed by atoms with Gasteiger partial charge in [-0.2, -0.15) is 0 Å². The largest absolute Gasteiger partial charge is 0.481 e. The number of piperidine rings is 1. The molecule has 0 saturated carbocycles. The predicted octanol–water partition coefficient (Wildman–Crippen LogP) is 1.69. The lowest BCUT2D eigenvalue weighted by molar-refractivity contribution is -0.162. The minimum absolute atomic E-state index is 0.00923. The fraction of sp³-hybridized carbons (Fsp3) is 0.409. The smallest absolute Gasteiger partial charge is 0.314 e. The number of nitrogens with zero attached hydrogens (tertiary/aromatic N) is 2. The van der Waals surface area contributed by atoms with E-state index < -0.39 is 29.0 Å². The molecule has 1 amide bonds. The Hall–Kier alpha value is -2.93. The molecule has 2 aromatic rings. The zero-order valence-electron chi connectivity index (χ0n) is 16.5. The molecule has 0 spiro atoms. The molecule has 1 aromatic heterocycles. The lowest BCUT2D eigenvalue weighted by atomic mass is 9.73. The van der Waals surface area contributed by atoms with E-state index in [0.717, 1.165) is 5.56 Å². The number of aromatic nitrogens is 1. The molecule has 0 bridgehead atoms. The maximum absolute atomic E-state index is 12.9. The van der Waals surface area contributed by atoms with E-state index in [2.05, 4.69) is 0 Å². The van der Waals surface area contributed by atoms with E-state index in [1.807, 2.05) is 30.3 Å². The number of rotatable bonds is 6. The molecular weight excluding hydrogens is 372 g/mol. The molecule has 154 valence electrons. The van der Waals surface area contributed by atoms with Gasteiger partial charge in [0, 0.05) is 26.3 Å². The van der Waals surface area contributed by atoms with Crippen LogP contribution in [0.4, 0.5) is 0 Å². The van der Waals surface area contributed by atoms with E-state index in [9.17, 15) is 24.6 Å². The summed E-state index contributed by atoms with van der Waals surface area (Å²) >= 11 is 0. The van der Waals surface area contributed by atoms with Crippen molar-refractivity contribution in [1.29, 1.82) is 0 Å². The number of aliphatic hydroxyl groups is 1. The van der Waals surface area contributed by atoms with Gasteiger partial charge in [0.25, 0.3) is 11.5 Å². The van der Waals surface area contributed by atoms with E-state index in [0.29, 0.717) is 12.8 Å². The lowest BCUT2D eigenvalue weighted by Gasteiger charge is -2.43. The molecule has 2 atom stereocenters. The maximum Gasteiger partial charge on any atom is 0.314 e. The van der Waals surface area contributed by atoms with Gasteiger partial charge in [-0.3, -0.25) is 14.4 Å². The Kier molecular flexibility index (Phi) is 6.17. The van der Waals surface area contributed by atoms with Crippen LogP contribution >= 0.6 is 0 Å². The quantitative estimate of drug-likeness (QED) is 0.771. The number of carbonyl (C=O) groups excluding carboxylic acids is 1. The van der Waals surface area contributed by atoms with Gasteiger partial charge < -0.3 is 19.7 Å². The summed E-state index contributed by atoms with van der Waals surface area (Å²) in [5.74, 6) is -1.61. The van der Waals surface area contributed by atoms with Crippen molar-refractivity contribution in [2.24, 2.45) is 12.5 Å². The Bertz CT molecular complexity index is 940. The standard InChI is InChI=1S/C22H26N2O5/c1-23-13-6-10-17(19(23)26)20(27)24-14-11-18(25)22(15-24,21(28)29)12-5-9-16-7-3-2-4-8-16/h2-4,6-8,10,13,18,25H,5,9,11-12,14-15H2,1H3,(H,28,29)/t18-,22+/m0/s1. The Morgan fingerprint density at radius 1 is 1.17 bits per heavy atom. The third-order valence-corrected chi connectivity index (χ3v) is 5.78. The van der Waals surface area contributed by atoms with E-state index in [4.69, 9.17) is 0 Å². The Morgan fingerprint density at radius 3 is 2.59 bits per heavy atom. The lowest BCUT2D eigenvalue weighted by Crippen LogP contribution is -2.57. The van der Waals surface area contributed by atoms with E-state index in [-0.39, 0.29) is 31.5 Å². The molecular formula is C22H26N2O5. The van der Waals surface area contributed by atoms with Crippen LogP contribution in [0.15, 0.2) is 53.5 Å². The van der Waals surface area contributed by atoms with Crippen LogP contribution < -0.4 is 5.56 Å². The SMILES string of the molecule is Cn1cccc(C(=O)N2CC[C@H](O)[C@](CCCc3ccccc3)(C(=O)O)C2)c1=O. The van der Waals surface area contributed by atoms with Gasteiger partial charge in [0.05, 0.1) is 6.10 Å². The summed E-state index contributed by atoms with van der Waals surface area (Å²) in [5.41, 5.74) is -0.759. The van der Waals surface area contributed by atoms with Crippen molar-refractivity contribution in [2.45, 2.75) is 31.8 Å². The van der Waals surface area contributed by atoms with Gasteiger partial charge in [0.1, 0.15) is 11.0 Å². The molecule has 2 N–H and O–H groups in total. The van der Waals surface area contributed by atoms with Gasteiger partial charge in [0.2, 0.25) is 0 Å². The van der Waals surface area contributed by atoms with Gasteiger partial charge in [0.15, 0.2) is 0 Å². The zero-order valence-corrected chi connectivity index (χ0v) is 16.5. The number of pyridine rings is 1. The number of hydrogen-bond donors (Lipinski definition) is 2. The molecule has 1 fully saturated rings. The average Bonchev–Trinajstić information content (AvgIpc) is 2.71. The number of carbonyl (C=O) groups is 2. The molecule has 7 nitrogen and oxygen atoms in total. The summed E-state index contributed by atoms with van der Waals surface area (Å²) in [7, 11) is 1.56. The highest BCUT2D eigenvalue weighted by molar-refractivity contribution is 5.94. The number of carboxylic acids is 1. The molecule has 7 heteroatoms. The number of likely N-dealkylation sites (tertiary alicyclic amines) is 1. The van der Waals surface area contributed by atoms with Crippen LogP contribution in [0.5, 0.6) is 0 Å². The summed E-state index contributed by atoms with van der Waals surface area (Å²) < 4.78 is 1.32.